The normalized spacial score (nSPS) is 17.0. The van der Waals surface area contributed by atoms with Crippen molar-refractivity contribution in [3.8, 4) is 0 Å². The van der Waals surface area contributed by atoms with Gasteiger partial charge in [-0.2, -0.15) is 4.90 Å². The summed E-state index contributed by atoms with van der Waals surface area (Å²) in [5.74, 6) is -2.13. The van der Waals surface area contributed by atoms with Crippen LogP contribution in [0, 0.1) is 0 Å². The summed E-state index contributed by atoms with van der Waals surface area (Å²) >= 11 is 0. The maximum Gasteiger partial charge on any atom is 0.334 e. The third-order valence-corrected chi connectivity index (χ3v) is 4.30. The Balaban J connectivity index is 1.69. The van der Waals surface area contributed by atoms with Gasteiger partial charge in [-0.25, -0.2) is 9.59 Å². The van der Waals surface area contributed by atoms with Crippen LogP contribution in [0.1, 0.15) is 22.3 Å². The van der Waals surface area contributed by atoms with Gasteiger partial charge >= 0.3 is 12.0 Å². The van der Waals surface area contributed by atoms with Crippen LogP contribution in [0.4, 0.5) is 4.79 Å². The first-order chi connectivity index (χ1) is 13.0. The zero-order chi connectivity index (χ0) is 19.4. The van der Waals surface area contributed by atoms with Gasteiger partial charge in [-0.15, -0.1) is 0 Å². The van der Waals surface area contributed by atoms with Gasteiger partial charge in [0.05, 0.1) is 6.42 Å². The van der Waals surface area contributed by atoms with E-state index >= 15 is 0 Å². The molecule has 0 radical (unpaired) electrons. The first-order valence-electron chi connectivity index (χ1n) is 8.38. The van der Waals surface area contributed by atoms with Crippen molar-refractivity contribution in [2.24, 2.45) is 0 Å². The molecular weight excluding hydrogens is 348 g/mol. The molecule has 2 aromatic carbocycles. The highest BCUT2D eigenvalue weighted by Gasteiger charge is 2.44. The van der Waals surface area contributed by atoms with E-state index in [4.69, 9.17) is 4.74 Å². The molecule has 0 N–H and O–H groups in total. The fraction of sp³-hybridized carbons (Fsp3) is 0.200. The Morgan fingerprint density at radius 2 is 1.59 bits per heavy atom. The second kappa shape index (κ2) is 7.82. The van der Waals surface area contributed by atoms with E-state index in [-0.39, 0.29) is 18.6 Å². The second-order valence-electron chi connectivity index (χ2n) is 6.11. The Bertz CT molecular complexity index is 866. The molecule has 1 heterocycles. The quantitative estimate of drug-likeness (QED) is 0.612. The van der Waals surface area contributed by atoms with Crippen LogP contribution in [0.3, 0.4) is 0 Å². The molecule has 27 heavy (non-hydrogen) atoms. The number of imide groups is 3. The molecule has 1 atom stereocenters. The fourth-order valence-corrected chi connectivity index (χ4v) is 2.77. The van der Waals surface area contributed by atoms with Gasteiger partial charge < -0.3 is 9.64 Å². The number of hydrogen-bond acceptors (Lipinski definition) is 5. The number of carbonyl (C=O) groups excluding carboxylic acids is 4. The molecule has 0 saturated carbocycles. The number of urea groups is 1. The fourth-order valence-electron chi connectivity index (χ4n) is 2.77. The number of benzene rings is 2. The van der Waals surface area contributed by atoms with Crippen molar-refractivity contribution in [3.05, 3.63) is 71.8 Å². The third-order valence-electron chi connectivity index (χ3n) is 4.30. The van der Waals surface area contributed by atoms with Crippen molar-refractivity contribution in [1.29, 1.82) is 0 Å². The summed E-state index contributed by atoms with van der Waals surface area (Å²) in [6, 6.07) is 15.2. The molecule has 7 nitrogen and oxygen atoms in total. The van der Waals surface area contributed by atoms with E-state index in [1.54, 1.807) is 30.3 Å². The number of ether oxygens (including phenoxy) is 1. The Morgan fingerprint density at radius 3 is 2.22 bits per heavy atom. The summed E-state index contributed by atoms with van der Waals surface area (Å²) in [6.07, 6.45) is -0.311. The molecule has 7 heteroatoms. The summed E-state index contributed by atoms with van der Waals surface area (Å²) in [6.45, 7) is 0.0407. The highest BCUT2D eigenvalue weighted by Crippen LogP contribution is 2.20. The van der Waals surface area contributed by atoms with Crippen molar-refractivity contribution in [3.63, 3.8) is 0 Å². The largest absolute Gasteiger partial charge is 0.459 e. The van der Waals surface area contributed by atoms with Gasteiger partial charge in [-0.1, -0.05) is 48.5 Å². The summed E-state index contributed by atoms with van der Waals surface area (Å²) in [5.41, 5.74) is 1.01. The molecule has 138 valence electrons. The first-order valence-corrected chi connectivity index (χ1v) is 8.38. The summed E-state index contributed by atoms with van der Waals surface area (Å²) in [4.78, 5) is 51.4. The van der Waals surface area contributed by atoms with Gasteiger partial charge in [0.15, 0.2) is 0 Å². The molecule has 0 aliphatic carbocycles. The Kier molecular flexibility index (Phi) is 5.30. The SMILES string of the molecule is CN1C(=O)N(C(=O)c2ccccc2)C(=O)C[C@H]1C(=O)OCc1ccccc1. The van der Waals surface area contributed by atoms with E-state index in [0.717, 1.165) is 10.5 Å². The number of amides is 4. The van der Waals surface area contributed by atoms with Gasteiger partial charge in [0, 0.05) is 12.6 Å². The van der Waals surface area contributed by atoms with Crippen molar-refractivity contribution < 1.29 is 23.9 Å². The predicted molar refractivity (Wildman–Crippen MR) is 95.4 cm³/mol. The zero-order valence-electron chi connectivity index (χ0n) is 14.7. The lowest BCUT2D eigenvalue weighted by molar-refractivity contribution is -0.154. The van der Waals surface area contributed by atoms with Crippen molar-refractivity contribution in [2.45, 2.75) is 19.1 Å². The molecule has 1 saturated heterocycles. The van der Waals surface area contributed by atoms with E-state index in [0.29, 0.717) is 4.90 Å². The van der Waals surface area contributed by atoms with Gasteiger partial charge in [0.2, 0.25) is 5.91 Å². The molecule has 0 unspecified atom stereocenters. The monoisotopic (exact) mass is 366 g/mol. The highest BCUT2D eigenvalue weighted by molar-refractivity contribution is 6.18. The summed E-state index contributed by atoms with van der Waals surface area (Å²) in [7, 11) is 1.37. The average molecular weight is 366 g/mol. The minimum Gasteiger partial charge on any atom is -0.459 e. The van der Waals surface area contributed by atoms with E-state index in [1.165, 1.54) is 19.2 Å². The number of nitrogens with zero attached hydrogens (tertiary/aromatic N) is 2. The lowest BCUT2D eigenvalue weighted by Crippen LogP contribution is -2.59. The van der Waals surface area contributed by atoms with Crippen LogP contribution in [0.5, 0.6) is 0 Å². The number of rotatable bonds is 4. The van der Waals surface area contributed by atoms with E-state index in [2.05, 4.69) is 0 Å². The van der Waals surface area contributed by atoms with E-state index in [1.807, 2.05) is 18.2 Å². The van der Waals surface area contributed by atoms with Gasteiger partial charge in [0.1, 0.15) is 12.6 Å². The van der Waals surface area contributed by atoms with Gasteiger partial charge in [-0.3, -0.25) is 9.59 Å². The number of likely N-dealkylation sites (N-methyl/N-ethyl adjacent to an activating group) is 1. The van der Waals surface area contributed by atoms with Crippen LogP contribution in [-0.4, -0.2) is 46.7 Å². The van der Waals surface area contributed by atoms with Crippen LogP contribution in [0.25, 0.3) is 0 Å². The lowest BCUT2D eigenvalue weighted by Gasteiger charge is -2.35. The maximum absolute atomic E-state index is 12.5. The van der Waals surface area contributed by atoms with Crippen LogP contribution < -0.4 is 0 Å². The molecular formula is C20H18N2O5. The standard InChI is InChI=1S/C20H18N2O5/c1-21-16(19(25)27-13-14-8-4-2-5-9-14)12-17(23)22(20(21)26)18(24)15-10-6-3-7-11-15/h2-11,16H,12-13H2,1H3/t16-/m0/s1. The molecule has 1 aliphatic heterocycles. The lowest BCUT2D eigenvalue weighted by atomic mass is 10.1. The molecule has 1 fully saturated rings. The molecule has 2 aromatic rings. The third kappa shape index (κ3) is 3.87. The van der Waals surface area contributed by atoms with Crippen LogP contribution in [0.2, 0.25) is 0 Å². The highest BCUT2D eigenvalue weighted by atomic mass is 16.5. The number of hydrogen-bond donors (Lipinski definition) is 0. The Morgan fingerprint density at radius 1 is 1.00 bits per heavy atom. The number of esters is 1. The average Bonchev–Trinajstić information content (AvgIpc) is 2.70. The van der Waals surface area contributed by atoms with E-state index in [9.17, 15) is 19.2 Å². The molecule has 0 spiro atoms. The topological polar surface area (TPSA) is 84.0 Å². The molecule has 4 amide bonds. The minimum absolute atomic E-state index is 0.0407. The second-order valence-corrected chi connectivity index (χ2v) is 6.11. The number of carbonyl (C=O) groups is 4. The zero-order valence-corrected chi connectivity index (χ0v) is 14.7. The predicted octanol–water partition coefficient (Wildman–Crippen LogP) is 2.22. The van der Waals surface area contributed by atoms with Crippen LogP contribution >= 0.6 is 0 Å². The summed E-state index contributed by atoms with van der Waals surface area (Å²) in [5, 5.41) is 0. The van der Waals surface area contributed by atoms with Gasteiger partial charge in [-0.05, 0) is 17.7 Å². The first kappa shape index (κ1) is 18.3. The van der Waals surface area contributed by atoms with Gasteiger partial charge in [0.25, 0.3) is 5.91 Å². The van der Waals surface area contributed by atoms with Crippen molar-refractivity contribution in [2.75, 3.05) is 7.05 Å². The molecule has 0 aromatic heterocycles. The van der Waals surface area contributed by atoms with Crippen LogP contribution in [-0.2, 0) is 20.9 Å². The summed E-state index contributed by atoms with van der Waals surface area (Å²) < 4.78 is 5.23. The smallest absolute Gasteiger partial charge is 0.334 e. The Hall–Kier alpha value is -3.48. The molecule has 0 bridgehead atoms. The van der Waals surface area contributed by atoms with Crippen molar-refractivity contribution in [1.82, 2.24) is 9.80 Å². The minimum atomic E-state index is -1.06. The molecule has 3 rings (SSSR count). The van der Waals surface area contributed by atoms with Crippen LogP contribution in [0.15, 0.2) is 60.7 Å². The maximum atomic E-state index is 12.5. The van der Waals surface area contributed by atoms with Crippen molar-refractivity contribution >= 4 is 23.8 Å². The molecule has 1 aliphatic rings. The van der Waals surface area contributed by atoms with E-state index < -0.39 is 29.9 Å². The Labute approximate surface area is 156 Å².